The van der Waals surface area contributed by atoms with Crippen LogP contribution in [0.15, 0.2) is 48.7 Å². The molecule has 0 aliphatic heterocycles. The van der Waals surface area contributed by atoms with Gasteiger partial charge in [0.15, 0.2) is 5.82 Å². The van der Waals surface area contributed by atoms with Crippen molar-refractivity contribution in [3.05, 3.63) is 77.0 Å². The lowest BCUT2D eigenvalue weighted by molar-refractivity contribution is -0.143. The van der Waals surface area contributed by atoms with Crippen molar-refractivity contribution in [2.24, 2.45) is 0 Å². The molecule has 3 aromatic rings. The van der Waals surface area contributed by atoms with Gasteiger partial charge >= 0.3 is 12.1 Å². The van der Waals surface area contributed by atoms with E-state index in [0.717, 1.165) is 28.9 Å². The first-order valence-electron chi connectivity index (χ1n) is 10.9. The van der Waals surface area contributed by atoms with E-state index in [1.165, 1.54) is 24.4 Å². The number of alkyl halides is 3. The Morgan fingerprint density at radius 2 is 1.81 bits per heavy atom. The van der Waals surface area contributed by atoms with Crippen molar-refractivity contribution >= 4 is 17.7 Å². The molecule has 0 aliphatic rings. The van der Waals surface area contributed by atoms with Crippen LogP contribution in [-0.2, 0) is 22.3 Å². The van der Waals surface area contributed by atoms with Crippen molar-refractivity contribution in [3.63, 3.8) is 0 Å². The second-order valence-electron chi connectivity index (χ2n) is 7.52. The maximum absolute atomic E-state index is 13.8. The third-order valence-electron chi connectivity index (χ3n) is 4.89. The van der Waals surface area contributed by atoms with Crippen LogP contribution in [0.25, 0.3) is 0 Å². The molecule has 0 fully saturated rings. The van der Waals surface area contributed by atoms with Gasteiger partial charge < -0.3 is 14.8 Å². The lowest BCUT2D eigenvalue weighted by Gasteiger charge is -2.15. The molecule has 2 aromatic carbocycles. The number of hydrogen-bond acceptors (Lipinski definition) is 5. The average molecular weight is 511 g/mol. The summed E-state index contributed by atoms with van der Waals surface area (Å²) in [6.07, 6.45) is -3.01. The number of anilines is 1. The highest BCUT2D eigenvalue weighted by atomic mass is 19.4. The van der Waals surface area contributed by atoms with Gasteiger partial charge in [-0.15, -0.1) is 0 Å². The van der Waals surface area contributed by atoms with E-state index in [1.54, 1.807) is 6.92 Å². The van der Waals surface area contributed by atoms with Crippen LogP contribution in [0.4, 0.5) is 27.8 Å². The Hall–Kier alpha value is -3.96. The number of amides is 1. The van der Waals surface area contributed by atoms with E-state index in [-0.39, 0.29) is 49.7 Å². The monoisotopic (exact) mass is 511 g/mol. The summed E-state index contributed by atoms with van der Waals surface area (Å²) in [7, 11) is 0. The second-order valence-corrected chi connectivity index (χ2v) is 7.52. The summed E-state index contributed by atoms with van der Waals surface area (Å²) in [5, 5.41) is 6.18. The topological polar surface area (TPSA) is 82.5 Å². The third kappa shape index (κ3) is 7.03. The molecular formula is C24H22F5N3O4. The van der Waals surface area contributed by atoms with Gasteiger partial charge in [-0.25, -0.2) is 8.78 Å². The molecule has 1 heterocycles. The lowest BCUT2D eigenvalue weighted by Crippen LogP contribution is -2.17. The van der Waals surface area contributed by atoms with E-state index in [9.17, 15) is 31.5 Å². The van der Waals surface area contributed by atoms with Crippen LogP contribution in [-0.4, -0.2) is 34.9 Å². The fourth-order valence-corrected chi connectivity index (χ4v) is 3.27. The van der Waals surface area contributed by atoms with Crippen LogP contribution in [0.5, 0.6) is 5.75 Å². The van der Waals surface area contributed by atoms with E-state index in [4.69, 9.17) is 9.47 Å². The number of rotatable bonds is 10. The fraction of sp³-hybridized carbons (Fsp3) is 0.292. The molecule has 192 valence electrons. The number of hydrogen-bond donors (Lipinski definition) is 1. The summed E-state index contributed by atoms with van der Waals surface area (Å²) < 4.78 is 79.9. The number of nitrogens with zero attached hydrogens (tertiary/aromatic N) is 2. The van der Waals surface area contributed by atoms with Gasteiger partial charge in [0, 0.05) is 18.7 Å². The van der Waals surface area contributed by atoms with Crippen LogP contribution < -0.4 is 10.1 Å². The molecule has 0 spiro atoms. The highest BCUT2D eigenvalue weighted by molar-refractivity contribution is 6.04. The number of benzene rings is 2. The molecule has 36 heavy (non-hydrogen) atoms. The van der Waals surface area contributed by atoms with Gasteiger partial charge in [0.2, 0.25) is 0 Å². The summed E-state index contributed by atoms with van der Waals surface area (Å²) in [6.45, 7) is 1.63. The van der Waals surface area contributed by atoms with Crippen molar-refractivity contribution in [1.29, 1.82) is 0 Å². The average Bonchev–Trinajstić information content (AvgIpc) is 3.23. The largest absolute Gasteiger partial charge is 0.494 e. The van der Waals surface area contributed by atoms with Crippen LogP contribution in [0.3, 0.4) is 0 Å². The summed E-state index contributed by atoms with van der Waals surface area (Å²) in [5.74, 6) is -3.75. The zero-order chi connectivity index (χ0) is 26.3. The molecule has 0 unspecified atom stereocenters. The van der Waals surface area contributed by atoms with Crippen molar-refractivity contribution in [2.45, 2.75) is 32.5 Å². The molecule has 0 saturated heterocycles. The van der Waals surface area contributed by atoms with Gasteiger partial charge in [-0.05, 0) is 43.2 Å². The summed E-state index contributed by atoms with van der Waals surface area (Å²) in [5.41, 5.74) is -1.87. The molecule has 1 amide bonds. The molecule has 0 aliphatic carbocycles. The number of aromatic nitrogens is 2. The molecule has 12 heteroatoms. The number of ether oxygens (including phenoxy) is 2. The zero-order valence-electron chi connectivity index (χ0n) is 19.1. The highest BCUT2D eigenvalue weighted by Crippen LogP contribution is 2.35. The molecular weight excluding hydrogens is 489 g/mol. The van der Waals surface area contributed by atoms with Gasteiger partial charge in [0.05, 0.1) is 25.3 Å². The molecule has 0 bridgehead atoms. The zero-order valence-corrected chi connectivity index (χ0v) is 19.1. The maximum atomic E-state index is 13.8. The Labute approximate surface area is 202 Å². The fourth-order valence-electron chi connectivity index (χ4n) is 3.27. The van der Waals surface area contributed by atoms with Gasteiger partial charge in [-0.2, -0.15) is 18.3 Å². The van der Waals surface area contributed by atoms with E-state index >= 15 is 0 Å². The first-order valence-corrected chi connectivity index (χ1v) is 10.9. The van der Waals surface area contributed by atoms with Crippen LogP contribution in [0.2, 0.25) is 0 Å². The minimum absolute atomic E-state index is 0.0183. The van der Waals surface area contributed by atoms with Crippen molar-refractivity contribution in [2.75, 3.05) is 18.5 Å². The van der Waals surface area contributed by atoms with Crippen LogP contribution in [0.1, 0.15) is 41.3 Å². The Morgan fingerprint density at radius 3 is 2.47 bits per heavy atom. The van der Waals surface area contributed by atoms with E-state index < -0.39 is 40.8 Å². The first-order chi connectivity index (χ1) is 17.1. The SMILES string of the molecule is CCOC(=O)CCCOc1ccc(Cn2ccc(NC(=O)c3c(F)cccc3F)n2)c(C(F)(F)F)c1. The quantitative estimate of drug-likeness (QED) is 0.230. The van der Waals surface area contributed by atoms with Gasteiger partial charge in [0.1, 0.15) is 22.9 Å². The molecule has 1 N–H and O–H groups in total. The normalized spacial score (nSPS) is 11.3. The van der Waals surface area contributed by atoms with Crippen LogP contribution in [0, 0.1) is 11.6 Å². The van der Waals surface area contributed by atoms with E-state index in [0.29, 0.717) is 0 Å². The Kier molecular flexibility index (Phi) is 8.62. The smallest absolute Gasteiger partial charge is 0.416 e. The predicted molar refractivity (Wildman–Crippen MR) is 118 cm³/mol. The lowest BCUT2D eigenvalue weighted by atomic mass is 10.1. The number of esters is 1. The van der Waals surface area contributed by atoms with Gasteiger partial charge in [-0.3, -0.25) is 14.3 Å². The molecule has 0 saturated carbocycles. The first kappa shape index (κ1) is 26.6. The van der Waals surface area contributed by atoms with E-state index in [2.05, 4.69) is 10.4 Å². The third-order valence-corrected chi connectivity index (χ3v) is 4.89. The number of nitrogens with one attached hydrogen (secondary N) is 1. The standard InChI is InChI=1S/C24H22F5N3O4/c1-2-35-21(33)7-4-12-36-16-9-8-15(17(13-16)24(27,28)29)14-32-11-10-20(31-32)30-23(34)22-18(25)5-3-6-19(22)26/h3,5-6,8-11,13H,2,4,7,12,14H2,1H3,(H,30,31,34). The summed E-state index contributed by atoms with van der Waals surface area (Å²) in [4.78, 5) is 23.5. The number of carbonyl (C=O) groups excluding carboxylic acids is 2. The van der Waals surface area contributed by atoms with Crippen LogP contribution >= 0.6 is 0 Å². The minimum Gasteiger partial charge on any atom is -0.494 e. The number of carbonyl (C=O) groups is 2. The Balaban J connectivity index is 1.68. The van der Waals surface area contributed by atoms with E-state index in [1.807, 2.05) is 0 Å². The Bertz CT molecular complexity index is 1210. The second kappa shape index (κ2) is 11.6. The molecule has 0 radical (unpaired) electrons. The van der Waals surface area contributed by atoms with Crippen molar-refractivity contribution in [1.82, 2.24) is 9.78 Å². The van der Waals surface area contributed by atoms with Gasteiger partial charge in [-0.1, -0.05) is 12.1 Å². The van der Waals surface area contributed by atoms with Gasteiger partial charge in [0.25, 0.3) is 5.91 Å². The maximum Gasteiger partial charge on any atom is 0.416 e. The molecule has 7 nitrogen and oxygen atoms in total. The minimum atomic E-state index is -4.69. The predicted octanol–water partition coefficient (Wildman–Crippen LogP) is 5.20. The molecule has 0 atom stereocenters. The van der Waals surface area contributed by atoms with Crippen molar-refractivity contribution in [3.8, 4) is 5.75 Å². The molecule has 1 aromatic heterocycles. The highest BCUT2D eigenvalue weighted by Gasteiger charge is 2.34. The van der Waals surface area contributed by atoms with Crippen molar-refractivity contribution < 1.29 is 41.0 Å². The Morgan fingerprint density at radius 1 is 1.08 bits per heavy atom. The summed E-state index contributed by atoms with van der Waals surface area (Å²) >= 11 is 0. The summed E-state index contributed by atoms with van der Waals surface area (Å²) in [6, 6.07) is 7.68. The molecule has 3 rings (SSSR count). The number of halogens is 5.